The number of hydrogen-bond donors (Lipinski definition) is 2. The van der Waals surface area contributed by atoms with E-state index in [1.54, 1.807) is 4.68 Å². The lowest BCUT2D eigenvalue weighted by Crippen LogP contribution is -2.20. The molecule has 0 radical (unpaired) electrons. The zero-order valence-electron chi connectivity index (χ0n) is 16.8. The van der Waals surface area contributed by atoms with E-state index in [1.807, 2.05) is 60.7 Å². The number of carbonyl (C=O) groups is 1. The third-order valence-corrected chi connectivity index (χ3v) is 5.02. The van der Waals surface area contributed by atoms with Gasteiger partial charge in [-0.2, -0.15) is 4.98 Å². The second-order valence-corrected chi connectivity index (χ2v) is 7.09. The molecular formula is C24H19ClFN5O. The molecule has 0 spiro atoms. The Hall–Kier alpha value is -3.97. The second kappa shape index (κ2) is 9.03. The predicted octanol–water partition coefficient (Wildman–Crippen LogP) is 5.15. The number of benzene rings is 3. The molecule has 0 aliphatic carbocycles. The van der Waals surface area contributed by atoms with Gasteiger partial charge in [-0.15, -0.1) is 17.5 Å². The predicted molar refractivity (Wildman–Crippen MR) is 124 cm³/mol. The highest BCUT2D eigenvalue weighted by molar-refractivity contribution is 6.03. The van der Waals surface area contributed by atoms with E-state index in [0.29, 0.717) is 11.5 Å². The van der Waals surface area contributed by atoms with Gasteiger partial charge < -0.3 is 5.32 Å². The van der Waals surface area contributed by atoms with Gasteiger partial charge >= 0.3 is 0 Å². The Labute approximate surface area is 190 Å². The number of carbonyl (C=O) groups excluding carboxylic acids is 1. The van der Waals surface area contributed by atoms with Crippen LogP contribution in [0, 0.1) is 5.82 Å². The van der Waals surface area contributed by atoms with Gasteiger partial charge in [0, 0.05) is 11.3 Å². The molecule has 1 aliphatic heterocycles. The maximum Gasteiger partial charge on any atom is 0.258 e. The van der Waals surface area contributed by atoms with Gasteiger partial charge in [0.1, 0.15) is 11.9 Å². The van der Waals surface area contributed by atoms with Crippen LogP contribution in [-0.2, 0) is 0 Å². The van der Waals surface area contributed by atoms with Crippen molar-refractivity contribution < 1.29 is 9.18 Å². The van der Waals surface area contributed by atoms with Crippen molar-refractivity contribution >= 4 is 35.9 Å². The molecule has 2 heterocycles. The van der Waals surface area contributed by atoms with Crippen LogP contribution in [0.5, 0.6) is 0 Å². The van der Waals surface area contributed by atoms with Gasteiger partial charge in [-0.1, -0.05) is 60.7 Å². The smallest absolute Gasteiger partial charge is 0.258 e. The first-order chi connectivity index (χ1) is 15.2. The molecule has 0 saturated carbocycles. The molecule has 1 atom stereocenters. The fourth-order valence-corrected chi connectivity index (χ4v) is 3.49. The van der Waals surface area contributed by atoms with Crippen LogP contribution in [-0.4, -0.2) is 20.7 Å². The van der Waals surface area contributed by atoms with E-state index >= 15 is 0 Å². The maximum absolute atomic E-state index is 13.1. The zero-order valence-corrected chi connectivity index (χ0v) is 17.6. The van der Waals surface area contributed by atoms with E-state index in [-0.39, 0.29) is 24.4 Å². The summed E-state index contributed by atoms with van der Waals surface area (Å²) >= 11 is 0. The minimum Gasteiger partial charge on any atom is -0.324 e. The molecule has 1 unspecified atom stereocenters. The number of nitrogens with zero attached hydrogens (tertiary/aromatic N) is 3. The number of amides is 1. The molecule has 0 saturated heterocycles. The third-order valence-electron chi connectivity index (χ3n) is 5.02. The highest BCUT2D eigenvalue weighted by Crippen LogP contribution is 2.33. The topological polar surface area (TPSA) is 71.8 Å². The van der Waals surface area contributed by atoms with Crippen LogP contribution in [0.25, 0.3) is 5.70 Å². The highest BCUT2D eigenvalue weighted by Gasteiger charge is 2.25. The zero-order chi connectivity index (χ0) is 21.2. The monoisotopic (exact) mass is 447 g/mol. The van der Waals surface area contributed by atoms with Gasteiger partial charge in [0.25, 0.3) is 11.9 Å². The Morgan fingerprint density at radius 3 is 2.28 bits per heavy atom. The molecule has 1 aliphatic rings. The van der Waals surface area contributed by atoms with Crippen molar-refractivity contribution in [3.05, 3.63) is 114 Å². The molecule has 1 aromatic heterocycles. The van der Waals surface area contributed by atoms with Crippen LogP contribution in [0.3, 0.4) is 0 Å². The van der Waals surface area contributed by atoms with Crippen molar-refractivity contribution in [2.45, 2.75) is 6.04 Å². The highest BCUT2D eigenvalue weighted by atomic mass is 35.5. The number of rotatable bonds is 4. The largest absolute Gasteiger partial charge is 0.324 e. The van der Waals surface area contributed by atoms with Crippen molar-refractivity contribution in [2.75, 3.05) is 10.6 Å². The quantitative estimate of drug-likeness (QED) is 0.454. The first-order valence-corrected chi connectivity index (χ1v) is 9.80. The van der Waals surface area contributed by atoms with Crippen LogP contribution >= 0.6 is 12.4 Å². The first-order valence-electron chi connectivity index (χ1n) is 9.80. The number of nitrogens with one attached hydrogen (secondary N) is 2. The molecule has 0 bridgehead atoms. The lowest BCUT2D eigenvalue weighted by molar-refractivity contribution is 0.102. The minimum absolute atomic E-state index is 0. The summed E-state index contributed by atoms with van der Waals surface area (Å²) in [7, 11) is 0. The number of aromatic nitrogens is 3. The van der Waals surface area contributed by atoms with E-state index in [4.69, 9.17) is 0 Å². The lowest BCUT2D eigenvalue weighted by Gasteiger charge is -2.24. The normalized spacial score (nSPS) is 14.4. The third kappa shape index (κ3) is 4.24. The van der Waals surface area contributed by atoms with Gasteiger partial charge in [-0.05, 0) is 41.5 Å². The van der Waals surface area contributed by atoms with Gasteiger partial charge in [0.05, 0.1) is 0 Å². The molecule has 6 nitrogen and oxygen atoms in total. The van der Waals surface area contributed by atoms with Crippen molar-refractivity contribution in [2.24, 2.45) is 0 Å². The van der Waals surface area contributed by atoms with Crippen molar-refractivity contribution in [1.82, 2.24) is 14.8 Å². The summed E-state index contributed by atoms with van der Waals surface area (Å²) in [6.45, 7) is 0. The first kappa shape index (κ1) is 21.3. The van der Waals surface area contributed by atoms with E-state index < -0.39 is 11.7 Å². The van der Waals surface area contributed by atoms with Crippen molar-refractivity contribution in [1.29, 1.82) is 0 Å². The number of hydrogen-bond acceptors (Lipinski definition) is 4. The van der Waals surface area contributed by atoms with E-state index in [0.717, 1.165) is 16.8 Å². The van der Waals surface area contributed by atoms with E-state index in [2.05, 4.69) is 26.8 Å². The van der Waals surface area contributed by atoms with Gasteiger partial charge in [0.15, 0.2) is 0 Å². The Bertz CT molecular complexity index is 1260. The summed E-state index contributed by atoms with van der Waals surface area (Å²) in [5, 5.41) is 10.5. The number of fused-ring (bicyclic) bond motifs is 1. The Kier molecular flexibility index (Phi) is 6.00. The number of allylic oxidation sites excluding steroid dienone is 1. The summed E-state index contributed by atoms with van der Waals surface area (Å²) in [6, 6.07) is 25.0. The van der Waals surface area contributed by atoms with Gasteiger partial charge in [-0.25, -0.2) is 9.07 Å². The number of halogens is 2. The molecule has 32 heavy (non-hydrogen) atoms. The molecule has 8 heteroatoms. The molecule has 5 rings (SSSR count). The Balaban J connectivity index is 0.00000245. The summed E-state index contributed by atoms with van der Waals surface area (Å²) in [5.41, 5.74) is 3.30. The summed E-state index contributed by atoms with van der Waals surface area (Å²) in [4.78, 5) is 17.0. The van der Waals surface area contributed by atoms with Crippen molar-refractivity contribution in [3.63, 3.8) is 0 Å². The molecule has 1 amide bonds. The average molecular weight is 448 g/mol. The standard InChI is InChI=1S/C24H18FN5O.ClH/c25-19-13-11-18(12-14-19)22(31)27-23-28-24-26-20(16-7-3-1-4-8-16)15-21(30(24)29-23)17-9-5-2-6-10-17;/h1-15,21H,(H2,26,27,28,29,31);1H. The molecule has 160 valence electrons. The van der Waals surface area contributed by atoms with Gasteiger partial charge in [-0.3, -0.25) is 10.1 Å². The molecule has 2 N–H and O–H groups in total. The van der Waals surface area contributed by atoms with Crippen LogP contribution in [0.1, 0.15) is 27.5 Å². The van der Waals surface area contributed by atoms with Crippen LogP contribution < -0.4 is 10.6 Å². The summed E-state index contributed by atoms with van der Waals surface area (Å²) in [6.07, 6.45) is 2.08. The summed E-state index contributed by atoms with van der Waals surface area (Å²) in [5.74, 6) is -0.123. The molecular weight excluding hydrogens is 429 g/mol. The van der Waals surface area contributed by atoms with Crippen LogP contribution in [0.15, 0.2) is 91.0 Å². The van der Waals surface area contributed by atoms with Crippen LogP contribution in [0.4, 0.5) is 16.3 Å². The number of anilines is 2. The summed E-state index contributed by atoms with van der Waals surface area (Å²) < 4.78 is 14.9. The Morgan fingerprint density at radius 1 is 0.938 bits per heavy atom. The minimum atomic E-state index is -0.407. The van der Waals surface area contributed by atoms with Crippen LogP contribution in [0.2, 0.25) is 0 Å². The fourth-order valence-electron chi connectivity index (χ4n) is 3.49. The lowest BCUT2D eigenvalue weighted by atomic mass is 10.0. The SMILES string of the molecule is Cl.O=C(Nc1nc2n(n1)C(c1ccccc1)C=C(c1ccccc1)N2)c1ccc(F)cc1. The molecule has 3 aromatic carbocycles. The molecule has 4 aromatic rings. The van der Waals surface area contributed by atoms with Gasteiger partial charge in [0.2, 0.25) is 5.95 Å². The van der Waals surface area contributed by atoms with E-state index in [1.165, 1.54) is 24.3 Å². The van der Waals surface area contributed by atoms with Crippen molar-refractivity contribution in [3.8, 4) is 0 Å². The van der Waals surface area contributed by atoms with E-state index in [9.17, 15) is 9.18 Å². The average Bonchev–Trinajstić information content (AvgIpc) is 3.22. The second-order valence-electron chi connectivity index (χ2n) is 7.09. The fraction of sp³-hybridized carbons (Fsp3) is 0.0417. The maximum atomic E-state index is 13.1. The Morgan fingerprint density at radius 2 is 1.59 bits per heavy atom. The molecule has 0 fully saturated rings.